The molecular formula is C19H33NO6. The SMILES string of the molecule is CCC(=O)NCCOC1OC2OC(C)(O)CCC3CCCC(C1C)C32O. The van der Waals surface area contributed by atoms with E-state index in [9.17, 15) is 15.0 Å². The van der Waals surface area contributed by atoms with Gasteiger partial charge in [-0.05, 0) is 32.1 Å². The number of hydrogen-bond donors (Lipinski definition) is 3. The van der Waals surface area contributed by atoms with Gasteiger partial charge < -0.3 is 29.7 Å². The number of hydrogen-bond acceptors (Lipinski definition) is 6. The molecule has 7 unspecified atom stereocenters. The Kier molecular flexibility index (Phi) is 5.94. The molecule has 7 heteroatoms. The highest BCUT2D eigenvalue weighted by atomic mass is 16.8. The van der Waals surface area contributed by atoms with Crippen molar-refractivity contribution in [2.75, 3.05) is 13.2 Å². The third-order valence-corrected chi connectivity index (χ3v) is 6.36. The molecule has 0 aromatic heterocycles. The number of carbonyl (C=O) groups is 1. The molecule has 7 nitrogen and oxygen atoms in total. The second-order valence-corrected chi connectivity index (χ2v) is 8.22. The first kappa shape index (κ1) is 20.0. The van der Waals surface area contributed by atoms with Crippen LogP contribution >= 0.6 is 0 Å². The second-order valence-electron chi connectivity index (χ2n) is 8.22. The number of rotatable bonds is 5. The van der Waals surface area contributed by atoms with Gasteiger partial charge in [0.05, 0.1) is 6.61 Å². The zero-order valence-corrected chi connectivity index (χ0v) is 16.1. The van der Waals surface area contributed by atoms with Crippen LogP contribution in [0.1, 0.15) is 59.3 Å². The van der Waals surface area contributed by atoms with E-state index in [0.29, 0.717) is 26.0 Å². The fourth-order valence-electron chi connectivity index (χ4n) is 4.86. The van der Waals surface area contributed by atoms with E-state index in [0.717, 1.165) is 25.7 Å². The maximum Gasteiger partial charge on any atom is 0.219 e. The number of carbonyl (C=O) groups excluding carboxylic acids is 1. The zero-order chi connectivity index (χ0) is 18.9. The molecule has 150 valence electrons. The summed E-state index contributed by atoms with van der Waals surface area (Å²) >= 11 is 0. The highest BCUT2D eigenvalue weighted by Gasteiger charge is 2.62. The van der Waals surface area contributed by atoms with E-state index in [1.807, 2.05) is 6.92 Å². The van der Waals surface area contributed by atoms with Crippen LogP contribution in [0, 0.1) is 17.8 Å². The molecule has 1 saturated carbocycles. The van der Waals surface area contributed by atoms with Gasteiger partial charge in [-0.3, -0.25) is 4.79 Å². The summed E-state index contributed by atoms with van der Waals surface area (Å²) in [4.78, 5) is 11.3. The topological polar surface area (TPSA) is 97.3 Å². The number of aliphatic hydroxyl groups is 2. The molecule has 2 aliphatic heterocycles. The second kappa shape index (κ2) is 7.72. The lowest BCUT2D eigenvalue weighted by Crippen LogP contribution is -2.65. The largest absolute Gasteiger partial charge is 0.384 e. The Morgan fingerprint density at radius 2 is 2.08 bits per heavy atom. The summed E-state index contributed by atoms with van der Waals surface area (Å²) in [6.07, 6.45) is 3.09. The average Bonchev–Trinajstić information content (AvgIpc) is 2.69. The Labute approximate surface area is 155 Å². The highest BCUT2D eigenvalue weighted by Crippen LogP contribution is 2.54. The molecule has 1 aliphatic carbocycles. The molecule has 2 heterocycles. The van der Waals surface area contributed by atoms with E-state index in [1.165, 1.54) is 0 Å². The van der Waals surface area contributed by atoms with Gasteiger partial charge in [0.1, 0.15) is 5.60 Å². The van der Waals surface area contributed by atoms with Crippen molar-refractivity contribution in [3.05, 3.63) is 0 Å². The molecule has 0 bridgehead atoms. The molecule has 2 saturated heterocycles. The van der Waals surface area contributed by atoms with E-state index < -0.39 is 24.0 Å². The average molecular weight is 371 g/mol. The van der Waals surface area contributed by atoms with Gasteiger partial charge in [-0.25, -0.2) is 0 Å². The van der Waals surface area contributed by atoms with Crippen LogP contribution in [0.2, 0.25) is 0 Å². The molecule has 0 radical (unpaired) electrons. The molecule has 3 N–H and O–H groups in total. The van der Waals surface area contributed by atoms with E-state index in [4.69, 9.17) is 14.2 Å². The van der Waals surface area contributed by atoms with Crippen LogP contribution < -0.4 is 5.32 Å². The number of nitrogens with one attached hydrogen (secondary N) is 1. The van der Waals surface area contributed by atoms with Gasteiger partial charge in [-0.2, -0.15) is 0 Å². The molecule has 3 fully saturated rings. The first-order chi connectivity index (χ1) is 12.3. The van der Waals surface area contributed by atoms with Gasteiger partial charge in [-0.1, -0.05) is 20.3 Å². The van der Waals surface area contributed by atoms with Crippen LogP contribution in [0.15, 0.2) is 0 Å². The van der Waals surface area contributed by atoms with Crippen LogP contribution in [-0.2, 0) is 19.0 Å². The lowest BCUT2D eigenvalue weighted by molar-refractivity contribution is -0.405. The van der Waals surface area contributed by atoms with Gasteiger partial charge in [-0.15, -0.1) is 0 Å². The Bertz CT molecular complexity index is 512. The Morgan fingerprint density at radius 1 is 1.31 bits per heavy atom. The lowest BCUT2D eigenvalue weighted by Gasteiger charge is -2.55. The minimum absolute atomic E-state index is 0.00383. The van der Waals surface area contributed by atoms with Crippen molar-refractivity contribution in [3.63, 3.8) is 0 Å². The van der Waals surface area contributed by atoms with Crippen LogP contribution in [0.25, 0.3) is 0 Å². The minimum Gasteiger partial charge on any atom is -0.384 e. The molecule has 1 amide bonds. The molecule has 3 aliphatic rings. The van der Waals surface area contributed by atoms with E-state index in [2.05, 4.69) is 5.32 Å². The Balaban J connectivity index is 1.71. The third-order valence-electron chi connectivity index (χ3n) is 6.36. The summed E-state index contributed by atoms with van der Waals surface area (Å²) in [5, 5.41) is 24.8. The molecule has 0 aromatic rings. The van der Waals surface area contributed by atoms with Crippen LogP contribution in [0.3, 0.4) is 0 Å². The third kappa shape index (κ3) is 3.78. The van der Waals surface area contributed by atoms with Crippen molar-refractivity contribution in [1.82, 2.24) is 5.32 Å². The fraction of sp³-hybridized carbons (Fsp3) is 0.947. The first-order valence-electron chi connectivity index (χ1n) is 9.94. The predicted molar refractivity (Wildman–Crippen MR) is 93.8 cm³/mol. The molecule has 3 rings (SSSR count). The molecule has 7 atom stereocenters. The van der Waals surface area contributed by atoms with Crippen molar-refractivity contribution < 1.29 is 29.2 Å². The Morgan fingerprint density at radius 3 is 2.81 bits per heavy atom. The van der Waals surface area contributed by atoms with Crippen LogP contribution in [0.4, 0.5) is 0 Å². The van der Waals surface area contributed by atoms with Gasteiger partial charge >= 0.3 is 0 Å². The van der Waals surface area contributed by atoms with Crippen molar-refractivity contribution in [2.45, 2.75) is 83.3 Å². The van der Waals surface area contributed by atoms with E-state index in [-0.39, 0.29) is 23.7 Å². The van der Waals surface area contributed by atoms with E-state index in [1.54, 1.807) is 13.8 Å². The maximum absolute atomic E-state index is 11.6. The minimum atomic E-state index is -1.32. The molecule has 0 aromatic carbocycles. The van der Waals surface area contributed by atoms with Gasteiger partial charge in [0, 0.05) is 31.2 Å². The van der Waals surface area contributed by atoms with Crippen LogP contribution in [0.5, 0.6) is 0 Å². The molecule has 26 heavy (non-hydrogen) atoms. The van der Waals surface area contributed by atoms with Crippen molar-refractivity contribution in [2.24, 2.45) is 17.8 Å². The standard InChI is InChI=1S/C19H33NO6/c1-4-15(21)20-10-11-24-16-12(2)14-7-5-6-13-8-9-18(3,22)26-17(25-16)19(13,14)23/h12-14,16-17,22-23H,4-11H2,1-3H3,(H,20,21). The fourth-order valence-corrected chi connectivity index (χ4v) is 4.86. The predicted octanol–water partition coefficient (Wildman–Crippen LogP) is 1.51. The summed E-state index contributed by atoms with van der Waals surface area (Å²) in [6, 6.07) is 0. The maximum atomic E-state index is 11.6. The quantitative estimate of drug-likeness (QED) is 0.634. The van der Waals surface area contributed by atoms with Crippen LogP contribution in [-0.4, -0.2) is 53.2 Å². The summed E-state index contributed by atoms with van der Waals surface area (Å²) < 4.78 is 17.7. The summed E-state index contributed by atoms with van der Waals surface area (Å²) in [6.45, 7) is 6.22. The molecule has 0 spiro atoms. The van der Waals surface area contributed by atoms with Crippen molar-refractivity contribution >= 4 is 5.91 Å². The van der Waals surface area contributed by atoms with Gasteiger partial charge in [0.25, 0.3) is 0 Å². The lowest BCUT2D eigenvalue weighted by atomic mass is 9.61. The van der Waals surface area contributed by atoms with Gasteiger partial charge in [0.15, 0.2) is 18.4 Å². The number of ether oxygens (including phenoxy) is 3. The summed E-state index contributed by atoms with van der Waals surface area (Å²) in [7, 11) is 0. The number of amides is 1. The Hall–Kier alpha value is -0.730. The smallest absolute Gasteiger partial charge is 0.219 e. The zero-order valence-electron chi connectivity index (χ0n) is 16.1. The van der Waals surface area contributed by atoms with Gasteiger partial charge in [0.2, 0.25) is 5.91 Å². The van der Waals surface area contributed by atoms with E-state index >= 15 is 0 Å². The highest BCUT2D eigenvalue weighted by molar-refractivity contribution is 5.75. The molecular weight excluding hydrogens is 338 g/mol. The monoisotopic (exact) mass is 371 g/mol. The first-order valence-corrected chi connectivity index (χ1v) is 9.94. The van der Waals surface area contributed by atoms with Crippen molar-refractivity contribution in [1.29, 1.82) is 0 Å². The normalized spacial score (nSPS) is 45.5. The summed E-state index contributed by atoms with van der Waals surface area (Å²) in [5.41, 5.74) is -1.09. The van der Waals surface area contributed by atoms with Crippen molar-refractivity contribution in [3.8, 4) is 0 Å². The summed E-state index contributed by atoms with van der Waals surface area (Å²) in [5.74, 6) is -1.26.